The lowest BCUT2D eigenvalue weighted by Crippen LogP contribution is -2.06. The number of aromatic carboxylic acids is 1. The zero-order valence-electron chi connectivity index (χ0n) is 16.3. The van der Waals surface area contributed by atoms with E-state index in [0.29, 0.717) is 19.3 Å². The highest BCUT2D eigenvalue weighted by Gasteiger charge is 2.15. The second kappa shape index (κ2) is 13.5. The molecule has 2 unspecified atom stereocenters. The summed E-state index contributed by atoms with van der Waals surface area (Å²) in [4.78, 5) is 20.4. The largest absolute Gasteiger partial charge is 0.478 e. The Kier molecular flexibility index (Phi) is 11.2. The maximum Gasteiger partial charge on any atom is 0.335 e. The van der Waals surface area contributed by atoms with Crippen molar-refractivity contribution < 1.29 is 9.90 Å². The summed E-state index contributed by atoms with van der Waals surface area (Å²) in [6, 6.07) is 6.85. The van der Waals surface area contributed by atoms with Gasteiger partial charge in [-0.1, -0.05) is 36.8 Å². The molecule has 28 heavy (non-hydrogen) atoms. The highest BCUT2D eigenvalue weighted by Crippen LogP contribution is 2.24. The van der Waals surface area contributed by atoms with E-state index in [9.17, 15) is 15.2 Å². The topological polar surface area (TPSA) is 86.9 Å². The standard InChI is InChI=1S/C22H26ClN3O2/c1-3-7-18(8-5-13-23)21-20(11-10-17(4-2)16-24)25-15-12-19(22(27)28)9-6-14-26-21/h3,5-7,9,12-15,17-18H,4,8,10-11H2,1-2H3,(H,27,28)/b7-3-,9-6?,13-5+,14-6?,15-12?,19-9?,19-12?,21-20?,25-15?,25-20?,26-14?,26-21?. The molecule has 0 aromatic carbocycles. The van der Waals surface area contributed by atoms with E-state index in [-0.39, 0.29) is 17.4 Å². The number of hydrogen-bond donors (Lipinski definition) is 1. The lowest BCUT2D eigenvalue weighted by molar-refractivity contribution is 0.0697. The summed E-state index contributed by atoms with van der Waals surface area (Å²) in [5.74, 6) is -1.12. The molecular weight excluding hydrogens is 374 g/mol. The van der Waals surface area contributed by atoms with Crippen molar-refractivity contribution in [1.29, 1.82) is 5.26 Å². The Balaban J connectivity index is 3.52. The average Bonchev–Trinajstić information content (AvgIpc) is 2.69. The summed E-state index contributed by atoms with van der Waals surface area (Å²) in [6.45, 7) is 3.92. The molecule has 0 saturated carbocycles. The Labute approximate surface area is 171 Å². The Hall–Kier alpha value is -2.71. The number of carboxylic acids is 1. The molecule has 2 atom stereocenters. The number of halogens is 1. The number of nitriles is 1. The first-order chi connectivity index (χ1) is 13.6. The Morgan fingerprint density at radius 3 is 2.75 bits per heavy atom. The minimum atomic E-state index is -1.03. The molecule has 0 aliphatic carbocycles. The number of hydrogen-bond acceptors (Lipinski definition) is 4. The van der Waals surface area contributed by atoms with Crippen molar-refractivity contribution in [3.05, 3.63) is 71.3 Å². The highest BCUT2D eigenvalue weighted by atomic mass is 35.5. The molecule has 0 aliphatic heterocycles. The summed E-state index contributed by atoms with van der Waals surface area (Å²) in [5.41, 5.74) is 3.13. The van der Waals surface area contributed by atoms with E-state index >= 15 is 0 Å². The maximum absolute atomic E-state index is 11.3. The zero-order valence-corrected chi connectivity index (χ0v) is 17.0. The fraction of sp³-hybridized carbons (Fsp3) is 0.364. The van der Waals surface area contributed by atoms with Gasteiger partial charge in [0.05, 0.1) is 23.0 Å². The predicted octanol–water partition coefficient (Wildman–Crippen LogP) is 5.58. The van der Waals surface area contributed by atoms with Crippen molar-refractivity contribution in [3.63, 3.8) is 0 Å². The summed E-state index contributed by atoms with van der Waals surface area (Å²) in [7, 11) is 0. The van der Waals surface area contributed by atoms with Gasteiger partial charge < -0.3 is 5.11 Å². The number of aromatic nitrogens is 2. The van der Waals surface area contributed by atoms with Crippen LogP contribution in [-0.2, 0) is 6.42 Å². The fourth-order valence-corrected chi connectivity index (χ4v) is 2.80. The van der Waals surface area contributed by atoms with Gasteiger partial charge in [0.25, 0.3) is 0 Å². The molecule has 1 N–H and O–H groups in total. The molecule has 1 aromatic heterocycles. The molecule has 0 aliphatic rings. The first-order valence-electron chi connectivity index (χ1n) is 9.26. The predicted molar refractivity (Wildman–Crippen MR) is 111 cm³/mol. The minimum Gasteiger partial charge on any atom is -0.478 e. The number of carboxylic acid groups (broad SMARTS) is 1. The third-order valence-corrected chi connectivity index (χ3v) is 4.44. The van der Waals surface area contributed by atoms with Crippen molar-refractivity contribution in [2.45, 2.75) is 45.4 Å². The monoisotopic (exact) mass is 399 g/mol. The Bertz CT molecular complexity index is 799. The molecule has 1 rings (SSSR count). The van der Waals surface area contributed by atoms with E-state index in [0.717, 1.165) is 17.8 Å². The van der Waals surface area contributed by atoms with Gasteiger partial charge in [0.2, 0.25) is 0 Å². The van der Waals surface area contributed by atoms with E-state index in [1.165, 1.54) is 23.9 Å². The van der Waals surface area contributed by atoms with Gasteiger partial charge in [-0.3, -0.25) is 9.97 Å². The van der Waals surface area contributed by atoms with Gasteiger partial charge in [0.15, 0.2) is 0 Å². The SMILES string of the molecule is C/C=C\C(C/C=C/Cl)c1ncccc(C(=O)O)ccnc1CCC(C#N)CC. The average molecular weight is 400 g/mol. The van der Waals surface area contributed by atoms with Crippen LogP contribution in [-0.4, -0.2) is 21.0 Å². The molecule has 6 heteroatoms. The van der Waals surface area contributed by atoms with Gasteiger partial charge in [-0.2, -0.15) is 5.26 Å². The number of nitrogens with zero attached hydrogens (tertiary/aromatic N) is 3. The van der Waals surface area contributed by atoms with E-state index < -0.39 is 5.97 Å². The third-order valence-electron chi connectivity index (χ3n) is 4.26. The number of rotatable bonds is 9. The summed E-state index contributed by atoms with van der Waals surface area (Å²) < 4.78 is 0. The van der Waals surface area contributed by atoms with Crippen molar-refractivity contribution in [2.24, 2.45) is 5.92 Å². The quantitative estimate of drug-likeness (QED) is 0.547. The van der Waals surface area contributed by atoms with Crippen molar-refractivity contribution in [2.75, 3.05) is 0 Å². The second-order valence-electron chi connectivity index (χ2n) is 6.18. The van der Waals surface area contributed by atoms with Crippen LogP contribution in [0.15, 0.2) is 54.4 Å². The third kappa shape index (κ3) is 7.89. The van der Waals surface area contributed by atoms with Crippen LogP contribution in [0, 0.1) is 17.2 Å². The molecule has 148 valence electrons. The van der Waals surface area contributed by atoms with Crippen LogP contribution in [0.4, 0.5) is 0 Å². The zero-order chi connectivity index (χ0) is 20.8. The van der Waals surface area contributed by atoms with Gasteiger partial charge in [-0.25, -0.2) is 4.79 Å². The Morgan fingerprint density at radius 2 is 2.14 bits per heavy atom. The van der Waals surface area contributed by atoms with Crippen LogP contribution in [0.5, 0.6) is 0 Å². The van der Waals surface area contributed by atoms with Crippen LogP contribution >= 0.6 is 11.6 Å². The number of allylic oxidation sites excluding steroid dienone is 3. The number of carbonyl (C=O) groups is 1. The van der Waals surface area contributed by atoms with E-state index in [2.05, 4.69) is 16.0 Å². The molecule has 0 spiro atoms. The lowest BCUT2D eigenvalue weighted by atomic mass is 9.94. The van der Waals surface area contributed by atoms with Gasteiger partial charge in [0, 0.05) is 29.8 Å². The molecule has 1 heterocycles. The molecule has 1 aromatic rings. The van der Waals surface area contributed by atoms with E-state index in [1.807, 2.05) is 32.1 Å². The first-order valence-corrected chi connectivity index (χ1v) is 9.70. The van der Waals surface area contributed by atoms with Crippen LogP contribution in [0.1, 0.15) is 60.8 Å². The minimum absolute atomic E-state index is 0.0266. The normalized spacial score (nSPS) is 13.1. The molecule has 5 nitrogen and oxygen atoms in total. The van der Waals surface area contributed by atoms with Crippen molar-refractivity contribution >= 4 is 17.6 Å². The smallest absolute Gasteiger partial charge is 0.335 e. The fourth-order valence-electron chi connectivity index (χ4n) is 2.70. The summed E-state index contributed by atoms with van der Waals surface area (Å²) in [6.07, 6.45) is 11.6. The highest BCUT2D eigenvalue weighted by molar-refractivity contribution is 6.25. The van der Waals surface area contributed by atoms with Crippen LogP contribution in [0.25, 0.3) is 0 Å². The summed E-state index contributed by atoms with van der Waals surface area (Å²) in [5, 5.41) is 18.5. The van der Waals surface area contributed by atoms with E-state index in [4.69, 9.17) is 11.6 Å². The second-order valence-corrected chi connectivity index (χ2v) is 6.43. The van der Waals surface area contributed by atoms with E-state index in [1.54, 1.807) is 12.3 Å². The van der Waals surface area contributed by atoms with Crippen LogP contribution < -0.4 is 0 Å². The molecule has 0 radical (unpaired) electrons. The van der Waals surface area contributed by atoms with Gasteiger partial charge in [-0.05, 0) is 50.8 Å². The molecule has 0 saturated heterocycles. The number of aryl methyl sites for hydroxylation is 1. The van der Waals surface area contributed by atoms with Gasteiger partial charge in [-0.15, -0.1) is 0 Å². The molecule has 0 fully saturated rings. The first kappa shape index (κ1) is 23.3. The lowest BCUT2D eigenvalue weighted by Gasteiger charge is -2.13. The Morgan fingerprint density at radius 1 is 1.36 bits per heavy atom. The molecule has 0 amide bonds. The molecule has 0 bridgehead atoms. The van der Waals surface area contributed by atoms with Crippen LogP contribution in [0.3, 0.4) is 0 Å². The van der Waals surface area contributed by atoms with Crippen LogP contribution in [0.2, 0.25) is 0 Å². The van der Waals surface area contributed by atoms with Crippen molar-refractivity contribution in [3.8, 4) is 6.07 Å². The van der Waals surface area contributed by atoms with Gasteiger partial charge >= 0.3 is 5.97 Å². The van der Waals surface area contributed by atoms with Gasteiger partial charge in [0.1, 0.15) is 0 Å². The molecular formula is C22H26ClN3O2. The van der Waals surface area contributed by atoms with Crippen molar-refractivity contribution in [1.82, 2.24) is 9.97 Å². The summed E-state index contributed by atoms with van der Waals surface area (Å²) >= 11 is 5.71. The maximum atomic E-state index is 11.3.